The number of hydrogen-bond acceptors (Lipinski definition) is 3. The summed E-state index contributed by atoms with van der Waals surface area (Å²) in [5.41, 5.74) is 5.58. The third-order valence-electron chi connectivity index (χ3n) is 2.16. The SMILES string of the molecule is CC(C)CCN(CCN)CCS(C)=S. The van der Waals surface area contributed by atoms with Gasteiger partial charge in [0, 0.05) is 25.4 Å². The summed E-state index contributed by atoms with van der Waals surface area (Å²) in [6, 6.07) is 0. The van der Waals surface area contributed by atoms with Crippen molar-refractivity contribution in [2.24, 2.45) is 11.7 Å². The number of nitrogens with two attached hydrogens (primary N) is 1. The van der Waals surface area contributed by atoms with Gasteiger partial charge in [0.25, 0.3) is 0 Å². The van der Waals surface area contributed by atoms with Crippen molar-refractivity contribution in [1.82, 2.24) is 4.90 Å². The van der Waals surface area contributed by atoms with Crippen LogP contribution < -0.4 is 5.73 Å². The Morgan fingerprint density at radius 2 is 1.93 bits per heavy atom. The average Bonchev–Trinajstić information content (AvgIpc) is 2.09. The predicted molar refractivity (Wildman–Crippen MR) is 70.5 cm³/mol. The average molecular weight is 236 g/mol. The van der Waals surface area contributed by atoms with Gasteiger partial charge in [-0.1, -0.05) is 25.0 Å². The molecule has 4 heteroatoms. The van der Waals surface area contributed by atoms with Gasteiger partial charge in [-0.05, 0) is 25.1 Å². The molecule has 14 heavy (non-hydrogen) atoms. The van der Waals surface area contributed by atoms with Gasteiger partial charge in [0.05, 0.1) is 0 Å². The van der Waals surface area contributed by atoms with E-state index in [4.69, 9.17) is 16.9 Å². The van der Waals surface area contributed by atoms with Crippen LogP contribution in [-0.2, 0) is 20.6 Å². The number of rotatable bonds is 8. The Hall–Kier alpha value is 0.490. The Kier molecular flexibility index (Phi) is 9.08. The summed E-state index contributed by atoms with van der Waals surface area (Å²) in [4.78, 5) is 2.44. The van der Waals surface area contributed by atoms with E-state index < -0.39 is 0 Å². The van der Waals surface area contributed by atoms with Crippen LogP contribution in [0.3, 0.4) is 0 Å². The van der Waals surface area contributed by atoms with E-state index in [1.54, 1.807) is 0 Å². The first-order valence-corrected chi connectivity index (χ1v) is 8.01. The summed E-state index contributed by atoms with van der Waals surface area (Å²) in [5, 5.41) is 0. The normalized spacial score (nSPS) is 13.9. The van der Waals surface area contributed by atoms with Crippen molar-refractivity contribution in [3.8, 4) is 0 Å². The molecule has 0 radical (unpaired) electrons. The molecule has 0 aliphatic carbocycles. The maximum Gasteiger partial charge on any atom is 0.0105 e. The number of hydrogen-bond donors (Lipinski definition) is 1. The second kappa shape index (κ2) is 8.77. The van der Waals surface area contributed by atoms with Crippen LogP contribution in [0.2, 0.25) is 0 Å². The Bertz CT molecular complexity index is 160. The molecule has 1 unspecified atom stereocenters. The largest absolute Gasteiger partial charge is 0.329 e. The van der Waals surface area contributed by atoms with Crippen molar-refractivity contribution in [3.63, 3.8) is 0 Å². The highest BCUT2D eigenvalue weighted by Crippen LogP contribution is 2.01. The highest BCUT2D eigenvalue weighted by Gasteiger charge is 2.04. The monoisotopic (exact) mass is 236 g/mol. The van der Waals surface area contributed by atoms with Crippen LogP contribution in [0.15, 0.2) is 0 Å². The quantitative estimate of drug-likeness (QED) is 0.682. The Morgan fingerprint density at radius 3 is 2.36 bits per heavy atom. The van der Waals surface area contributed by atoms with Crippen LogP contribution in [0.1, 0.15) is 20.3 Å². The van der Waals surface area contributed by atoms with Crippen LogP contribution in [0.4, 0.5) is 0 Å². The van der Waals surface area contributed by atoms with Crippen molar-refractivity contribution in [3.05, 3.63) is 0 Å². The zero-order valence-electron chi connectivity index (χ0n) is 9.66. The van der Waals surface area contributed by atoms with Crippen LogP contribution >= 0.6 is 0 Å². The molecule has 0 rings (SSSR count). The minimum Gasteiger partial charge on any atom is -0.329 e. The van der Waals surface area contributed by atoms with Gasteiger partial charge in [0.15, 0.2) is 0 Å². The molecule has 2 N–H and O–H groups in total. The van der Waals surface area contributed by atoms with E-state index in [0.29, 0.717) is 0 Å². The highest BCUT2D eigenvalue weighted by molar-refractivity contribution is 8.28. The van der Waals surface area contributed by atoms with Gasteiger partial charge in [0.1, 0.15) is 0 Å². The molecule has 0 fully saturated rings. The molecular formula is C10H24N2S2. The van der Waals surface area contributed by atoms with Crippen molar-refractivity contribution in [1.29, 1.82) is 0 Å². The Labute approximate surface area is 95.8 Å². The molecule has 2 nitrogen and oxygen atoms in total. The molecule has 0 aliphatic heterocycles. The molecule has 0 saturated heterocycles. The summed E-state index contributed by atoms with van der Waals surface area (Å²) in [6.45, 7) is 8.58. The van der Waals surface area contributed by atoms with E-state index in [2.05, 4.69) is 25.0 Å². The van der Waals surface area contributed by atoms with Crippen molar-refractivity contribution in [2.75, 3.05) is 38.2 Å². The lowest BCUT2D eigenvalue weighted by atomic mass is 10.1. The highest BCUT2D eigenvalue weighted by atomic mass is 32.8. The summed E-state index contributed by atoms with van der Waals surface area (Å²) < 4.78 is 0. The summed E-state index contributed by atoms with van der Waals surface area (Å²) >= 11 is 5.19. The van der Waals surface area contributed by atoms with E-state index in [9.17, 15) is 0 Å². The van der Waals surface area contributed by atoms with Gasteiger partial charge in [-0.15, -0.1) is 9.45 Å². The van der Waals surface area contributed by atoms with E-state index >= 15 is 0 Å². The van der Waals surface area contributed by atoms with Gasteiger partial charge in [-0.25, -0.2) is 0 Å². The maximum absolute atomic E-state index is 5.58. The van der Waals surface area contributed by atoms with E-state index in [0.717, 1.165) is 31.3 Å². The van der Waals surface area contributed by atoms with Crippen LogP contribution in [0, 0.1) is 5.92 Å². The predicted octanol–water partition coefficient (Wildman–Crippen LogP) is 1.00. The second-order valence-electron chi connectivity index (χ2n) is 4.09. The molecule has 0 aromatic carbocycles. The van der Waals surface area contributed by atoms with Crippen molar-refractivity contribution >= 4 is 20.6 Å². The molecule has 86 valence electrons. The van der Waals surface area contributed by atoms with Crippen molar-refractivity contribution < 1.29 is 0 Å². The van der Waals surface area contributed by atoms with Crippen LogP contribution in [0.5, 0.6) is 0 Å². The van der Waals surface area contributed by atoms with Gasteiger partial charge in [0.2, 0.25) is 0 Å². The zero-order chi connectivity index (χ0) is 11.0. The topological polar surface area (TPSA) is 29.3 Å². The first-order chi connectivity index (χ1) is 6.56. The molecule has 0 spiro atoms. The third-order valence-corrected chi connectivity index (χ3v) is 3.42. The molecular weight excluding hydrogens is 212 g/mol. The first kappa shape index (κ1) is 14.5. The lowest BCUT2D eigenvalue weighted by Crippen LogP contribution is -2.34. The zero-order valence-corrected chi connectivity index (χ0v) is 11.3. The van der Waals surface area contributed by atoms with Gasteiger partial charge in [-0.3, -0.25) is 0 Å². The second-order valence-corrected chi connectivity index (χ2v) is 7.35. The molecule has 0 amide bonds. The molecule has 0 aromatic rings. The van der Waals surface area contributed by atoms with E-state index in [1.807, 2.05) is 0 Å². The number of nitrogens with zero attached hydrogens (tertiary/aromatic N) is 1. The smallest absolute Gasteiger partial charge is 0.0105 e. The fraction of sp³-hybridized carbons (Fsp3) is 1.00. The van der Waals surface area contributed by atoms with Crippen LogP contribution in [0.25, 0.3) is 0 Å². The summed E-state index contributed by atoms with van der Waals surface area (Å²) in [5.74, 6) is 1.91. The van der Waals surface area contributed by atoms with Gasteiger partial charge >= 0.3 is 0 Å². The Balaban J connectivity index is 3.70. The van der Waals surface area contributed by atoms with E-state index in [-0.39, 0.29) is 9.45 Å². The summed E-state index contributed by atoms with van der Waals surface area (Å²) in [7, 11) is 0.147. The fourth-order valence-corrected chi connectivity index (χ4v) is 1.96. The third kappa shape index (κ3) is 9.06. The van der Waals surface area contributed by atoms with Gasteiger partial charge < -0.3 is 10.6 Å². The minimum atomic E-state index is 0.147. The minimum absolute atomic E-state index is 0.147. The molecule has 0 bridgehead atoms. The molecule has 0 saturated carbocycles. The standard InChI is InChI=1S/C10H24N2S2/c1-10(2)4-6-12(7-5-11)8-9-14(3)13/h10H,4-9,11H2,1-3H3. The lowest BCUT2D eigenvalue weighted by molar-refractivity contribution is 0.279. The van der Waals surface area contributed by atoms with Crippen molar-refractivity contribution in [2.45, 2.75) is 20.3 Å². The van der Waals surface area contributed by atoms with E-state index in [1.165, 1.54) is 13.0 Å². The molecule has 0 heterocycles. The maximum atomic E-state index is 5.58. The molecule has 0 aromatic heterocycles. The van der Waals surface area contributed by atoms with Gasteiger partial charge in [-0.2, -0.15) is 0 Å². The summed E-state index contributed by atoms with van der Waals surface area (Å²) in [6.07, 6.45) is 3.38. The molecule has 1 atom stereocenters. The van der Waals surface area contributed by atoms with Crippen LogP contribution in [-0.4, -0.2) is 43.1 Å². The first-order valence-electron chi connectivity index (χ1n) is 5.28. The lowest BCUT2D eigenvalue weighted by Gasteiger charge is -2.22. The molecule has 0 aliphatic rings. The Morgan fingerprint density at radius 1 is 1.29 bits per heavy atom. The fourth-order valence-electron chi connectivity index (χ4n) is 1.22.